The molecule has 0 saturated heterocycles. The lowest BCUT2D eigenvalue weighted by atomic mass is 9.76. The Balaban J connectivity index is 4.54. The van der Waals surface area contributed by atoms with Crippen LogP contribution in [0.3, 0.4) is 0 Å². The molecule has 0 aliphatic carbocycles. The molecule has 0 saturated carbocycles. The van der Waals surface area contributed by atoms with Gasteiger partial charge in [-0.3, -0.25) is 9.59 Å². The fraction of sp³-hybridized carbons (Fsp3) is 0.846. The molecule has 0 aliphatic heterocycles. The molecular weight excluding hydrogens is 220 g/mol. The Bertz CT molecular complexity index is 222. The lowest BCUT2D eigenvalue weighted by molar-refractivity contribution is -0.150. The van der Waals surface area contributed by atoms with Crippen molar-refractivity contribution < 1.29 is 19.1 Å². The lowest BCUT2D eigenvalue weighted by Crippen LogP contribution is -2.28. The average Bonchev–Trinajstić information content (AvgIpc) is 2.28. The van der Waals surface area contributed by atoms with E-state index in [0.29, 0.717) is 13.2 Å². The molecule has 100 valence electrons. The van der Waals surface area contributed by atoms with Gasteiger partial charge in [0.05, 0.1) is 26.1 Å². The number of esters is 2. The molecule has 0 spiro atoms. The van der Waals surface area contributed by atoms with E-state index in [9.17, 15) is 9.59 Å². The zero-order chi connectivity index (χ0) is 13.3. The zero-order valence-electron chi connectivity index (χ0n) is 11.4. The summed E-state index contributed by atoms with van der Waals surface area (Å²) in [5, 5.41) is 0. The molecule has 4 heteroatoms. The van der Waals surface area contributed by atoms with Crippen LogP contribution < -0.4 is 0 Å². The van der Waals surface area contributed by atoms with Crippen molar-refractivity contribution in [2.75, 3.05) is 13.2 Å². The van der Waals surface area contributed by atoms with Crippen LogP contribution in [-0.4, -0.2) is 25.2 Å². The third-order valence-corrected chi connectivity index (χ3v) is 3.15. The van der Waals surface area contributed by atoms with Crippen LogP contribution in [0.2, 0.25) is 0 Å². The number of rotatable bonds is 8. The first-order chi connectivity index (χ1) is 8.03. The largest absolute Gasteiger partial charge is 0.466 e. The standard InChI is InChI=1S/C13H24O4/c1-5-13(6-2,9-11(14)16-7-3)10-12(15)17-8-4/h5-10H2,1-4H3. The fourth-order valence-corrected chi connectivity index (χ4v) is 1.85. The van der Waals surface area contributed by atoms with Gasteiger partial charge in [-0.2, -0.15) is 0 Å². The van der Waals surface area contributed by atoms with Gasteiger partial charge < -0.3 is 9.47 Å². The van der Waals surface area contributed by atoms with Gasteiger partial charge in [0.15, 0.2) is 0 Å². The summed E-state index contributed by atoms with van der Waals surface area (Å²) < 4.78 is 9.90. The molecule has 0 radical (unpaired) electrons. The van der Waals surface area contributed by atoms with Crippen LogP contribution in [-0.2, 0) is 19.1 Å². The van der Waals surface area contributed by atoms with Crippen molar-refractivity contribution in [2.45, 2.75) is 53.4 Å². The minimum absolute atomic E-state index is 0.236. The van der Waals surface area contributed by atoms with E-state index < -0.39 is 0 Å². The summed E-state index contributed by atoms with van der Waals surface area (Å²) in [6.45, 7) is 8.29. The van der Waals surface area contributed by atoms with Gasteiger partial charge >= 0.3 is 11.9 Å². The van der Waals surface area contributed by atoms with Crippen LogP contribution in [0.25, 0.3) is 0 Å². The van der Waals surface area contributed by atoms with E-state index in [-0.39, 0.29) is 30.2 Å². The van der Waals surface area contributed by atoms with Crippen molar-refractivity contribution >= 4 is 11.9 Å². The van der Waals surface area contributed by atoms with E-state index in [4.69, 9.17) is 9.47 Å². The molecule has 0 bridgehead atoms. The Morgan fingerprint density at radius 1 is 0.824 bits per heavy atom. The first-order valence-electron chi connectivity index (χ1n) is 6.34. The predicted octanol–water partition coefficient (Wildman–Crippen LogP) is 2.70. The highest BCUT2D eigenvalue weighted by molar-refractivity contribution is 5.74. The maximum Gasteiger partial charge on any atom is 0.306 e. The first kappa shape index (κ1) is 15.9. The summed E-state index contributed by atoms with van der Waals surface area (Å²) in [4.78, 5) is 23.1. The van der Waals surface area contributed by atoms with Crippen LogP contribution in [0.1, 0.15) is 53.4 Å². The smallest absolute Gasteiger partial charge is 0.306 e. The van der Waals surface area contributed by atoms with Gasteiger partial charge in [0.25, 0.3) is 0 Å². The van der Waals surface area contributed by atoms with Crippen molar-refractivity contribution in [3.8, 4) is 0 Å². The lowest BCUT2D eigenvalue weighted by Gasteiger charge is -2.29. The molecule has 0 amide bonds. The van der Waals surface area contributed by atoms with Gasteiger partial charge in [-0.1, -0.05) is 13.8 Å². The van der Waals surface area contributed by atoms with Crippen molar-refractivity contribution in [1.82, 2.24) is 0 Å². The molecule has 4 nitrogen and oxygen atoms in total. The highest BCUT2D eigenvalue weighted by atomic mass is 16.5. The van der Waals surface area contributed by atoms with Crippen LogP contribution >= 0.6 is 0 Å². The first-order valence-corrected chi connectivity index (χ1v) is 6.34. The summed E-state index contributed by atoms with van der Waals surface area (Å²) in [6, 6.07) is 0. The molecule has 0 heterocycles. The molecule has 0 atom stereocenters. The fourth-order valence-electron chi connectivity index (χ4n) is 1.85. The normalized spacial score (nSPS) is 11.1. The molecule has 0 N–H and O–H groups in total. The topological polar surface area (TPSA) is 52.6 Å². The van der Waals surface area contributed by atoms with E-state index in [0.717, 1.165) is 12.8 Å². The minimum Gasteiger partial charge on any atom is -0.466 e. The second kappa shape index (κ2) is 8.09. The highest BCUT2D eigenvalue weighted by Crippen LogP contribution is 2.35. The quantitative estimate of drug-likeness (QED) is 0.616. The average molecular weight is 244 g/mol. The van der Waals surface area contributed by atoms with Gasteiger partial charge in [-0.15, -0.1) is 0 Å². The van der Waals surface area contributed by atoms with Gasteiger partial charge in [-0.05, 0) is 32.1 Å². The number of hydrogen-bond donors (Lipinski definition) is 0. The highest BCUT2D eigenvalue weighted by Gasteiger charge is 2.33. The Kier molecular flexibility index (Phi) is 7.59. The van der Waals surface area contributed by atoms with Crippen LogP contribution in [0.5, 0.6) is 0 Å². The molecule has 17 heavy (non-hydrogen) atoms. The molecule has 0 unspecified atom stereocenters. The van der Waals surface area contributed by atoms with E-state index in [1.807, 2.05) is 13.8 Å². The zero-order valence-corrected chi connectivity index (χ0v) is 11.4. The van der Waals surface area contributed by atoms with Crippen molar-refractivity contribution in [3.63, 3.8) is 0 Å². The number of ether oxygens (including phenoxy) is 2. The third-order valence-electron chi connectivity index (χ3n) is 3.15. The summed E-state index contributed by atoms with van der Waals surface area (Å²) in [7, 11) is 0. The van der Waals surface area contributed by atoms with Crippen molar-refractivity contribution in [3.05, 3.63) is 0 Å². The summed E-state index contributed by atoms with van der Waals surface area (Å²) >= 11 is 0. The van der Waals surface area contributed by atoms with Gasteiger partial charge in [0.1, 0.15) is 0 Å². The molecular formula is C13H24O4. The molecule has 0 aliphatic rings. The van der Waals surface area contributed by atoms with E-state index in [2.05, 4.69) is 0 Å². The summed E-state index contributed by atoms with van der Waals surface area (Å²) in [5.41, 5.74) is -0.321. The predicted molar refractivity (Wildman–Crippen MR) is 65.5 cm³/mol. The van der Waals surface area contributed by atoms with Gasteiger partial charge in [0, 0.05) is 0 Å². The molecule has 0 rings (SSSR count). The van der Waals surface area contributed by atoms with E-state index in [1.54, 1.807) is 13.8 Å². The summed E-state index contributed by atoms with van der Waals surface area (Å²) in [6.07, 6.45) is 2.10. The Labute approximate surface area is 104 Å². The number of carbonyl (C=O) groups excluding carboxylic acids is 2. The minimum atomic E-state index is -0.321. The third kappa shape index (κ3) is 5.71. The molecule has 0 fully saturated rings. The number of hydrogen-bond acceptors (Lipinski definition) is 4. The van der Waals surface area contributed by atoms with Gasteiger partial charge in [0.2, 0.25) is 0 Å². The maximum atomic E-state index is 11.5. The second-order valence-corrected chi connectivity index (χ2v) is 4.17. The van der Waals surface area contributed by atoms with Crippen LogP contribution in [0, 0.1) is 5.41 Å². The van der Waals surface area contributed by atoms with E-state index in [1.165, 1.54) is 0 Å². The Morgan fingerprint density at radius 3 is 1.41 bits per heavy atom. The number of carbonyl (C=O) groups is 2. The summed E-state index contributed by atoms with van der Waals surface area (Å²) in [5.74, 6) is -0.471. The SMILES string of the molecule is CCOC(=O)CC(CC)(CC)CC(=O)OCC. The monoisotopic (exact) mass is 244 g/mol. The maximum absolute atomic E-state index is 11.5. The molecule has 0 aromatic heterocycles. The van der Waals surface area contributed by atoms with Crippen LogP contribution in [0.4, 0.5) is 0 Å². The van der Waals surface area contributed by atoms with Crippen molar-refractivity contribution in [2.24, 2.45) is 5.41 Å². The van der Waals surface area contributed by atoms with Gasteiger partial charge in [-0.25, -0.2) is 0 Å². The second-order valence-electron chi connectivity index (χ2n) is 4.17. The van der Waals surface area contributed by atoms with E-state index >= 15 is 0 Å². The molecule has 0 aromatic rings. The van der Waals surface area contributed by atoms with Crippen molar-refractivity contribution in [1.29, 1.82) is 0 Å². The van der Waals surface area contributed by atoms with Crippen LogP contribution in [0.15, 0.2) is 0 Å². The Morgan fingerprint density at radius 2 is 1.18 bits per heavy atom. The molecule has 0 aromatic carbocycles. The Hall–Kier alpha value is -1.06.